The summed E-state index contributed by atoms with van der Waals surface area (Å²) in [5.41, 5.74) is 4.95. The standard InChI is InChI=1S/C15H11F6N5/c1-6-3-4-7(2)8(5-6)26-11(22)9-10(14(16,17)18)23-13(15(19,20)21)24-12(9)25-26/h3-5H,22H2,1-2H3. The number of nitrogens with two attached hydrogens (primary N) is 1. The Bertz CT molecular complexity index is 1000. The van der Waals surface area contributed by atoms with Gasteiger partial charge in [0.1, 0.15) is 5.82 Å². The van der Waals surface area contributed by atoms with Crippen LogP contribution in [-0.2, 0) is 12.4 Å². The number of aryl methyl sites for hydroxylation is 2. The number of nitrogens with zero attached hydrogens (tertiary/aromatic N) is 4. The van der Waals surface area contributed by atoms with E-state index in [1.807, 2.05) is 0 Å². The summed E-state index contributed by atoms with van der Waals surface area (Å²) in [7, 11) is 0. The van der Waals surface area contributed by atoms with Gasteiger partial charge in [0.25, 0.3) is 0 Å². The number of nitrogen functional groups attached to an aromatic ring is 1. The fraction of sp³-hybridized carbons (Fsp3) is 0.267. The third-order valence-corrected chi connectivity index (χ3v) is 3.68. The molecule has 11 heteroatoms. The number of fused-ring (bicyclic) bond motifs is 1. The molecule has 26 heavy (non-hydrogen) atoms. The number of hydrogen-bond acceptors (Lipinski definition) is 4. The van der Waals surface area contributed by atoms with Crippen molar-refractivity contribution in [1.29, 1.82) is 0 Å². The van der Waals surface area contributed by atoms with Crippen molar-refractivity contribution in [3.8, 4) is 5.69 Å². The van der Waals surface area contributed by atoms with Gasteiger partial charge in [0.05, 0.1) is 11.1 Å². The van der Waals surface area contributed by atoms with Gasteiger partial charge in [-0.2, -0.15) is 26.3 Å². The summed E-state index contributed by atoms with van der Waals surface area (Å²) in [6.07, 6.45) is -10.3. The smallest absolute Gasteiger partial charge is 0.383 e. The van der Waals surface area contributed by atoms with Crippen LogP contribution in [0.4, 0.5) is 32.2 Å². The Labute approximate surface area is 142 Å². The van der Waals surface area contributed by atoms with Gasteiger partial charge in [0.2, 0.25) is 5.82 Å². The van der Waals surface area contributed by atoms with Gasteiger partial charge < -0.3 is 5.73 Å². The Kier molecular flexibility index (Phi) is 3.85. The predicted octanol–water partition coefficient (Wildman–Crippen LogP) is 4.05. The lowest BCUT2D eigenvalue weighted by Crippen LogP contribution is -2.17. The minimum Gasteiger partial charge on any atom is -0.383 e. The van der Waals surface area contributed by atoms with Crippen molar-refractivity contribution in [3.63, 3.8) is 0 Å². The molecule has 138 valence electrons. The van der Waals surface area contributed by atoms with E-state index in [2.05, 4.69) is 15.1 Å². The maximum absolute atomic E-state index is 13.3. The van der Waals surface area contributed by atoms with E-state index in [9.17, 15) is 26.3 Å². The quantitative estimate of drug-likeness (QED) is 0.652. The Hall–Kier alpha value is -2.85. The Morgan fingerprint density at radius 3 is 2.19 bits per heavy atom. The molecule has 3 aromatic rings. The summed E-state index contributed by atoms with van der Waals surface area (Å²) in [6.45, 7) is 3.41. The zero-order valence-electron chi connectivity index (χ0n) is 13.4. The Morgan fingerprint density at radius 2 is 1.62 bits per heavy atom. The minimum absolute atomic E-state index is 0.335. The zero-order valence-corrected chi connectivity index (χ0v) is 13.4. The minimum atomic E-state index is -5.16. The van der Waals surface area contributed by atoms with Gasteiger partial charge >= 0.3 is 12.4 Å². The molecule has 0 saturated heterocycles. The van der Waals surface area contributed by atoms with Crippen molar-refractivity contribution in [2.45, 2.75) is 26.2 Å². The molecule has 2 aromatic heterocycles. The van der Waals surface area contributed by atoms with Gasteiger partial charge in [0, 0.05) is 0 Å². The number of aromatic nitrogens is 4. The molecule has 0 fully saturated rings. The average molecular weight is 375 g/mol. The molecule has 0 saturated carbocycles. The highest BCUT2D eigenvalue weighted by Gasteiger charge is 2.43. The molecule has 0 spiro atoms. The lowest BCUT2D eigenvalue weighted by Gasteiger charge is -2.11. The number of anilines is 1. The first-order valence-electron chi connectivity index (χ1n) is 7.18. The van der Waals surface area contributed by atoms with Crippen molar-refractivity contribution in [2.75, 3.05) is 5.73 Å². The lowest BCUT2D eigenvalue weighted by molar-refractivity contribution is -0.151. The van der Waals surface area contributed by atoms with Crippen molar-refractivity contribution in [3.05, 3.63) is 40.8 Å². The van der Waals surface area contributed by atoms with Crippen LogP contribution in [0.2, 0.25) is 0 Å². The SMILES string of the molecule is Cc1ccc(C)c(-n2nc3nc(C(F)(F)F)nc(C(F)(F)F)c3c2N)c1. The number of hydrogen-bond donors (Lipinski definition) is 1. The van der Waals surface area contributed by atoms with Crippen molar-refractivity contribution >= 4 is 16.9 Å². The number of benzene rings is 1. The van der Waals surface area contributed by atoms with E-state index in [1.54, 1.807) is 32.0 Å². The molecular weight excluding hydrogens is 364 g/mol. The van der Waals surface area contributed by atoms with Gasteiger partial charge in [-0.15, -0.1) is 5.10 Å². The first kappa shape index (κ1) is 18.0. The van der Waals surface area contributed by atoms with Gasteiger partial charge in [-0.3, -0.25) is 0 Å². The monoisotopic (exact) mass is 375 g/mol. The number of alkyl halides is 6. The van der Waals surface area contributed by atoms with Crippen LogP contribution in [0.3, 0.4) is 0 Å². The summed E-state index contributed by atoms with van der Waals surface area (Å²) in [5.74, 6) is -2.42. The lowest BCUT2D eigenvalue weighted by atomic mass is 10.1. The van der Waals surface area contributed by atoms with Crippen LogP contribution >= 0.6 is 0 Å². The fourth-order valence-corrected chi connectivity index (χ4v) is 2.47. The summed E-state index contributed by atoms with van der Waals surface area (Å²) in [5, 5.41) is 3.00. The normalized spacial score (nSPS) is 12.8. The first-order chi connectivity index (χ1) is 11.9. The average Bonchev–Trinajstić information content (AvgIpc) is 2.84. The van der Waals surface area contributed by atoms with Crippen LogP contribution in [0, 0.1) is 13.8 Å². The highest BCUT2D eigenvalue weighted by molar-refractivity contribution is 5.90. The van der Waals surface area contributed by atoms with Crippen LogP contribution < -0.4 is 5.73 Å². The highest BCUT2D eigenvalue weighted by Crippen LogP contribution is 2.38. The maximum atomic E-state index is 13.3. The molecule has 5 nitrogen and oxygen atoms in total. The van der Waals surface area contributed by atoms with E-state index in [4.69, 9.17) is 5.73 Å². The molecule has 0 atom stereocenters. The molecule has 2 N–H and O–H groups in total. The van der Waals surface area contributed by atoms with Gasteiger partial charge in [-0.05, 0) is 31.0 Å². The molecule has 2 heterocycles. The largest absolute Gasteiger partial charge is 0.451 e. The third-order valence-electron chi connectivity index (χ3n) is 3.68. The summed E-state index contributed by atoms with van der Waals surface area (Å²) < 4.78 is 79.4. The predicted molar refractivity (Wildman–Crippen MR) is 80.6 cm³/mol. The molecule has 0 amide bonds. The van der Waals surface area contributed by atoms with E-state index in [0.29, 0.717) is 11.3 Å². The second-order valence-electron chi connectivity index (χ2n) is 5.68. The van der Waals surface area contributed by atoms with Crippen LogP contribution in [0.25, 0.3) is 16.7 Å². The summed E-state index contributed by atoms with van der Waals surface area (Å²) >= 11 is 0. The van der Waals surface area contributed by atoms with Crippen LogP contribution in [0.15, 0.2) is 18.2 Å². The second kappa shape index (κ2) is 5.58. The fourth-order valence-electron chi connectivity index (χ4n) is 2.47. The van der Waals surface area contributed by atoms with Crippen LogP contribution in [-0.4, -0.2) is 19.7 Å². The summed E-state index contributed by atoms with van der Waals surface area (Å²) in [6, 6.07) is 5.05. The molecule has 0 aliphatic rings. The van der Waals surface area contributed by atoms with E-state index in [1.165, 1.54) is 0 Å². The van der Waals surface area contributed by atoms with Crippen LogP contribution in [0.5, 0.6) is 0 Å². The number of rotatable bonds is 1. The van der Waals surface area contributed by atoms with E-state index in [0.717, 1.165) is 10.2 Å². The molecule has 1 aromatic carbocycles. The molecule has 0 bridgehead atoms. The molecule has 0 aliphatic heterocycles. The third kappa shape index (κ3) is 2.93. The first-order valence-corrected chi connectivity index (χ1v) is 7.18. The van der Waals surface area contributed by atoms with Crippen molar-refractivity contribution in [2.24, 2.45) is 0 Å². The van der Waals surface area contributed by atoms with Crippen LogP contribution in [0.1, 0.15) is 22.6 Å². The van der Waals surface area contributed by atoms with Gasteiger partial charge in [-0.25, -0.2) is 14.6 Å². The highest BCUT2D eigenvalue weighted by atomic mass is 19.4. The topological polar surface area (TPSA) is 69.6 Å². The van der Waals surface area contributed by atoms with E-state index >= 15 is 0 Å². The molecular formula is C15H11F6N5. The Morgan fingerprint density at radius 1 is 0.962 bits per heavy atom. The molecule has 0 aliphatic carbocycles. The molecule has 0 unspecified atom stereocenters. The van der Waals surface area contributed by atoms with Gasteiger partial charge in [-0.1, -0.05) is 12.1 Å². The maximum Gasteiger partial charge on any atom is 0.451 e. The van der Waals surface area contributed by atoms with E-state index in [-0.39, 0.29) is 0 Å². The second-order valence-corrected chi connectivity index (χ2v) is 5.68. The van der Waals surface area contributed by atoms with Crippen molar-refractivity contribution in [1.82, 2.24) is 19.7 Å². The van der Waals surface area contributed by atoms with Crippen molar-refractivity contribution < 1.29 is 26.3 Å². The molecule has 0 radical (unpaired) electrons. The van der Waals surface area contributed by atoms with E-state index < -0.39 is 40.7 Å². The van der Waals surface area contributed by atoms with Gasteiger partial charge in [0.15, 0.2) is 11.3 Å². The Balaban J connectivity index is 2.40. The molecule has 3 rings (SSSR count). The number of halogens is 6. The summed E-state index contributed by atoms with van der Waals surface area (Å²) in [4.78, 5) is 5.79. The zero-order chi connectivity index (χ0) is 19.4.